The van der Waals surface area contributed by atoms with Crippen LogP contribution in [0.4, 0.5) is 5.82 Å². The van der Waals surface area contributed by atoms with E-state index in [0.717, 1.165) is 30.0 Å². The summed E-state index contributed by atoms with van der Waals surface area (Å²) in [5.74, 6) is 0.904. The van der Waals surface area contributed by atoms with Gasteiger partial charge in [0.2, 0.25) is 0 Å². The fourth-order valence-corrected chi connectivity index (χ4v) is 2.72. The van der Waals surface area contributed by atoms with Crippen molar-refractivity contribution in [1.82, 2.24) is 9.97 Å². The first-order valence-electron chi connectivity index (χ1n) is 6.31. The van der Waals surface area contributed by atoms with Gasteiger partial charge in [-0.25, -0.2) is 4.98 Å². The van der Waals surface area contributed by atoms with E-state index in [9.17, 15) is 0 Å². The van der Waals surface area contributed by atoms with Crippen molar-refractivity contribution >= 4 is 17.2 Å². The Labute approximate surface area is 112 Å². The van der Waals surface area contributed by atoms with E-state index in [0.29, 0.717) is 6.04 Å². The zero-order valence-corrected chi connectivity index (χ0v) is 11.9. The van der Waals surface area contributed by atoms with E-state index in [1.807, 2.05) is 13.8 Å². The van der Waals surface area contributed by atoms with Gasteiger partial charge >= 0.3 is 0 Å². The van der Waals surface area contributed by atoms with Crippen molar-refractivity contribution in [3.8, 4) is 0 Å². The number of anilines is 1. The average molecular weight is 261 g/mol. The first kappa shape index (κ1) is 13.0. The fraction of sp³-hybridized carbons (Fsp3) is 0.429. The molecule has 3 nitrogen and oxygen atoms in total. The van der Waals surface area contributed by atoms with Crippen molar-refractivity contribution in [2.75, 3.05) is 5.32 Å². The summed E-state index contributed by atoms with van der Waals surface area (Å²) in [5, 5.41) is 5.65. The number of hydrogen-bond donors (Lipinski definition) is 1. The molecular weight excluding hydrogens is 242 g/mol. The van der Waals surface area contributed by atoms with Gasteiger partial charge in [-0.3, -0.25) is 4.98 Å². The van der Waals surface area contributed by atoms with Gasteiger partial charge < -0.3 is 5.32 Å². The normalized spacial score (nSPS) is 12.4. The van der Waals surface area contributed by atoms with E-state index < -0.39 is 0 Å². The molecule has 0 fully saturated rings. The van der Waals surface area contributed by atoms with E-state index in [2.05, 4.69) is 39.7 Å². The van der Waals surface area contributed by atoms with Crippen LogP contribution in [0, 0.1) is 13.8 Å². The van der Waals surface area contributed by atoms with Crippen molar-refractivity contribution < 1.29 is 0 Å². The summed E-state index contributed by atoms with van der Waals surface area (Å²) in [5.41, 5.74) is 1.91. The van der Waals surface area contributed by atoms with Gasteiger partial charge in [-0.1, -0.05) is 19.4 Å². The second kappa shape index (κ2) is 5.96. The van der Waals surface area contributed by atoms with E-state index >= 15 is 0 Å². The van der Waals surface area contributed by atoms with Crippen LogP contribution in [0.15, 0.2) is 23.7 Å². The zero-order chi connectivity index (χ0) is 13.0. The van der Waals surface area contributed by atoms with Crippen LogP contribution in [0.5, 0.6) is 0 Å². The quantitative estimate of drug-likeness (QED) is 0.880. The van der Waals surface area contributed by atoms with E-state index in [1.54, 1.807) is 17.5 Å². The molecule has 1 unspecified atom stereocenters. The van der Waals surface area contributed by atoms with E-state index in [4.69, 9.17) is 0 Å². The highest BCUT2D eigenvalue weighted by atomic mass is 32.1. The summed E-state index contributed by atoms with van der Waals surface area (Å²) in [6.45, 7) is 6.17. The molecule has 0 aliphatic heterocycles. The second-order valence-corrected chi connectivity index (χ2v) is 5.43. The maximum Gasteiger partial charge on any atom is 0.148 e. The summed E-state index contributed by atoms with van der Waals surface area (Å²) in [4.78, 5) is 10.2. The molecule has 2 aromatic heterocycles. The molecule has 0 saturated carbocycles. The molecule has 1 N–H and O–H groups in total. The SMILES string of the molecule is CCCC(Nc1nc(C)cnc1C)c1cccs1. The summed E-state index contributed by atoms with van der Waals surface area (Å²) < 4.78 is 0. The molecule has 0 saturated heterocycles. The predicted octanol–water partition coefficient (Wildman–Crippen LogP) is 4.11. The molecule has 1 atom stereocenters. The first-order chi connectivity index (χ1) is 8.70. The van der Waals surface area contributed by atoms with Crippen LogP contribution >= 0.6 is 11.3 Å². The lowest BCUT2D eigenvalue weighted by Crippen LogP contribution is -2.12. The maximum atomic E-state index is 4.54. The van der Waals surface area contributed by atoms with Gasteiger partial charge in [-0.05, 0) is 31.7 Å². The van der Waals surface area contributed by atoms with Crippen molar-refractivity contribution in [3.05, 3.63) is 40.0 Å². The minimum atomic E-state index is 0.338. The fourth-order valence-electron chi connectivity index (χ4n) is 1.90. The average Bonchev–Trinajstić information content (AvgIpc) is 2.87. The zero-order valence-electron chi connectivity index (χ0n) is 11.1. The Bertz CT molecular complexity index is 494. The molecule has 0 bridgehead atoms. The molecule has 0 aromatic carbocycles. The molecular formula is C14H19N3S. The highest BCUT2D eigenvalue weighted by Crippen LogP contribution is 2.27. The molecule has 2 rings (SSSR count). The van der Waals surface area contributed by atoms with Gasteiger partial charge in [0.15, 0.2) is 0 Å². The summed E-state index contributed by atoms with van der Waals surface area (Å²) >= 11 is 1.79. The van der Waals surface area contributed by atoms with Crippen LogP contribution in [0.3, 0.4) is 0 Å². The monoisotopic (exact) mass is 261 g/mol. The van der Waals surface area contributed by atoms with Crippen LogP contribution in [0.2, 0.25) is 0 Å². The Morgan fingerprint density at radius 1 is 1.39 bits per heavy atom. The van der Waals surface area contributed by atoms with Crippen LogP contribution in [0.1, 0.15) is 42.1 Å². The Morgan fingerprint density at radius 2 is 2.22 bits per heavy atom. The third kappa shape index (κ3) is 3.07. The molecule has 0 spiro atoms. The van der Waals surface area contributed by atoms with Gasteiger partial charge in [0, 0.05) is 11.1 Å². The molecule has 96 valence electrons. The van der Waals surface area contributed by atoms with Gasteiger partial charge in [-0.2, -0.15) is 0 Å². The number of aromatic nitrogens is 2. The van der Waals surface area contributed by atoms with Crippen LogP contribution in [0.25, 0.3) is 0 Å². The molecule has 0 aliphatic rings. The van der Waals surface area contributed by atoms with Gasteiger partial charge in [0.25, 0.3) is 0 Å². The minimum Gasteiger partial charge on any atom is -0.361 e. The standard InChI is InChI=1S/C14H19N3S/c1-4-6-12(13-7-5-8-18-13)17-14-11(3)15-9-10(2)16-14/h5,7-9,12H,4,6H2,1-3H3,(H,16,17). The molecule has 0 radical (unpaired) electrons. The highest BCUT2D eigenvalue weighted by Gasteiger charge is 2.13. The van der Waals surface area contributed by atoms with E-state index in [-0.39, 0.29) is 0 Å². The lowest BCUT2D eigenvalue weighted by atomic mass is 10.1. The minimum absolute atomic E-state index is 0.338. The second-order valence-electron chi connectivity index (χ2n) is 4.45. The first-order valence-corrected chi connectivity index (χ1v) is 7.19. The van der Waals surface area contributed by atoms with E-state index in [1.165, 1.54) is 4.88 Å². The van der Waals surface area contributed by atoms with Crippen LogP contribution < -0.4 is 5.32 Å². The largest absolute Gasteiger partial charge is 0.361 e. The third-order valence-electron chi connectivity index (χ3n) is 2.85. The number of aryl methyl sites for hydroxylation is 2. The van der Waals surface area contributed by atoms with Crippen LogP contribution in [-0.4, -0.2) is 9.97 Å². The summed E-state index contributed by atoms with van der Waals surface area (Å²) in [6, 6.07) is 4.61. The lowest BCUT2D eigenvalue weighted by Gasteiger charge is -2.18. The Kier molecular flexibility index (Phi) is 4.31. The number of hydrogen-bond acceptors (Lipinski definition) is 4. The Morgan fingerprint density at radius 3 is 2.89 bits per heavy atom. The predicted molar refractivity (Wildman–Crippen MR) is 77.1 cm³/mol. The van der Waals surface area contributed by atoms with Crippen molar-refractivity contribution in [2.45, 2.75) is 39.7 Å². The summed E-state index contributed by atoms with van der Waals surface area (Å²) in [7, 11) is 0. The Balaban J connectivity index is 2.21. The third-order valence-corrected chi connectivity index (χ3v) is 3.84. The van der Waals surface area contributed by atoms with Crippen molar-refractivity contribution in [2.24, 2.45) is 0 Å². The lowest BCUT2D eigenvalue weighted by molar-refractivity contribution is 0.682. The number of rotatable bonds is 5. The highest BCUT2D eigenvalue weighted by molar-refractivity contribution is 7.10. The maximum absolute atomic E-state index is 4.54. The van der Waals surface area contributed by atoms with Crippen LogP contribution in [-0.2, 0) is 0 Å². The van der Waals surface area contributed by atoms with Crippen molar-refractivity contribution in [3.63, 3.8) is 0 Å². The molecule has 2 heterocycles. The van der Waals surface area contributed by atoms with Gasteiger partial charge in [0.1, 0.15) is 5.82 Å². The van der Waals surface area contributed by atoms with Crippen molar-refractivity contribution in [1.29, 1.82) is 0 Å². The smallest absolute Gasteiger partial charge is 0.148 e. The number of thiophene rings is 1. The number of nitrogens with one attached hydrogen (secondary N) is 1. The molecule has 2 aromatic rings. The molecule has 18 heavy (non-hydrogen) atoms. The molecule has 0 aliphatic carbocycles. The molecule has 0 amide bonds. The van der Waals surface area contributed by atoms with Gasteiger partial charge in [0.05, 0.1) is 17.4 Å². The molecule has 4 heteroatoms. The Hall–Kier alpha value is -1.42. The topological polar surface area (TPSA) is 37.8 Å². The summed E-state index contributed by atoms with van der Waals surface area (Å²) in [6.07, 6.45) is 4.06. The van der Waals surface area contributed by atoms with Gasteiger partial charge in [-0.15, -0.1) is 11.3 Å². The number of nitrogens with zero attached hydrogens (tertiary/aromatic N) is 2.